The van der Waals surface area contributed by atoms with Crippen molar-refractivity contribution in [1.29, 1.82) is 0 Å². The molecule has 0 N–H and O–H groups in total. The summed E-state index contributed by atoms with van der Waals surface area (Å²) in [5.41, 5.74) is 0. The van der Waals surface area contributed by atoms with Crippen molar-refractivity contribution in [2.75, 3.05) is 13.2 Å². The van der Waals surface area contributed by atoms with E-state index in [4.69, 9.17) is 39.5 Å². The molecule has 0 radical (unpaired) electrons. The van der Waals surface area contributed by atoms with Gasteiger partial charge in [-0.05, 0) is 19.1 Å². The molecule has 104 valence electrons. The fraction of sp³-hybridized carbons (Fsp3) is 0.333. The Morgan fingerprint density at radius 3 is 2.26 bits per heavy atom. The van der Waals surface area contributed by atoms with Gasteiger partial charge >= 0.3 is 5.97 Å². The highest BCUT2D eigenvalue weighted by Crippen LogP contribution is 2.35. The van der Waals surface area contributed by atoms with Crippen LogP contribution < -0.4 is 4.74 Å². The van der Waals surface area contributed by atoms with Gasteiger partial charge in [0.15, 0.2) is 11.5 Å². The summed E-state index contributed by atoms with van der Waals surface area (Å²) < 4.78 is 9.83. The van der Waals surface area contributed by atoms with E-state index >= 15 is 0 Å². The van der Waals surface area contributed by atoms with Gasteiger partial charge in [0, 0.05) is 5.02 Å². The predicted octanol–water partition coefficient (Wildman–Crippen LogP) is 3.55. The van der Waals surface area contributed by atoms with E-state index in [9.17, 15) is 9.59 Å². The number of halogens is 3. The van der Waals surface area contributed by atoms with Crippen LogP contribution in [0.15, 0.2) is 12.1 Å². The van der Waals surface area contributed by atoms with E-state index in [0.29, 0.717) is 5.02 Å². The Labute approximate surface area is 125 Å². The Morgan fingerprint density at radius 1 is 1.16 bits per heavy atom. The Morgan fingerprint density at radius 2 is 1.74 bits per heavy atom. The summed E-state index contributed by atoms with van der Waals surface area (Å²) in [7, 11) is 0. The lowest BCUT2D eigenvalue weighted by Crippen LogP contribution is -2.17. The highest BCUT2D eigenvalue weighted by atomic mass is 35.5. The zero-order chi connectivity index (χ0) is 14.4. The number of ketones is 1. The summed E-state index contributed by atoms with van der Waals surface area (Å²) in [4.78, 5) is 22.5. The fourth-order valence-corrected chi connectivity index (χ4v) is 2.17. The Kier molecular flexibility index (Phi) is 6.42. The highest BCUT2D eigenvalue weighted by molar-refractivity contribution is 6.40. The third-order valence-corrected chi connectivity index (χ3v) is 2.77. The van der Waals surface area contributed by atoms with Crippen LogP contribution >= 0.6 is 34.8 Å². The molecule has 0 aliphatic rings. The summed E-state index contributed by atoms with van der Waals surface area (Å²) in [6, 6.07) is 2.89. The van der Waals surface area contributed by atoms with Crippen molar-refractivity contribution in [2.24, 2.45) is 0 Å². The summed E-state index contributed by atoms with van der Waals surface area (Å²) in [5, 5.41) is 0.753. The molecule has 7 heteroatoms. The maximum Gasteiger partial charge on any atom is 0.313 e. The average Bonchev–Trinajstić information content (AvgIpc) is 2.27. The van der Waals surface area contributed by atoms with Gasteiger partial charge in [0.1, 0.15) is 13.0 Å². The number of Topliss-reactive ketones (excluding diaryl/α,β-unsaturated/α-hetero) is 1. The first-order chi connectivity index (χ1) is 8.93. The highest BCUT2D eigenvalue weighted by Gasteiger charge is 2.14. The summed E-state index contributed by atoms with van der Waals surface area (Å²) >= 11 is 17.5. The van der Waals surface area contributed by atoms with Crippen LogP contribution in [-0.4, -0.2) is 25.0 Å². The first-order valence-electron chi connectivity index (χ1n) is 5.38. The largest absolute Gasteiger partial charge is 0.483 e. The fourth-order valence-electron chi connectivity index (χ4n) is 1.24. The molecule has 0 amide bonds. The zero-order valence-corrected chi connectivity index (χ0v) is 12.3. The molecule has 1 aromatic carbocycles. The number of ether oxygens (including phenoxy) is 2. The van der Waals surface area contributed by atoms with E-state index in [1.807, 2.05) is 0 Å². The standard InChI is InChI=1S/C12H11Cl3O4/c1-2-18-11(17)5-8(16)6-19-12-9(14)3-7(13)4-10(12)15/h3-4H,2,5-6H2,1H3. The van der Waals surface area contributed by atoms with Crippen LogP contribution in [0.1, 0.15) is 13.3 Å². The molecule has 0 fully saturated rings. The van der Waals surface area contributed by atoms with Gasteiger partial charge in [-0.25, -0.2) is 0 Å². The molecule has 0 saturated heterocycles. The number of esters is 1. The number of hydrogen-bond acceptors (Lipinski definition) is 4. The van der Waals surface area contributed by atoms with Crippen LogP contribution in [0.3, 0.4) is 0 Å². The average molecular weight is 326 g/mol. The van der Waals surface area contributed by atoms with Crippen molar-refractivity contribution < 1.29 is 19.1 Å². The van der Waals surface area contributed by atoms with Crippen LogP contribution in [0, 0.1) is 0 Å². The summed E-state index contributed by atoms with van der Waals surface area (Å²) in [6.45, 7) is 1.56. The molecular formula is C12H11Cl3O4. The van der Waals surface area contributed by atoms with Crippen LogP contribution in [0.25, 0.3) is 0 Å². The summed E-state index contributed by atoms with van der Waals surface area (Å²) in [5.74, 6) is -0.866. The second-order valence-electron chi connectivity index (χ2n) is 3.51. The molecule has 1 rings (SSSR count). The van der Waals surface area contributed by atoms with Gasteiger partial charge in [0.25, 0.3) is 0 Å². The first-order valence-corrected chi connectivity index (χ1v) is 6.52. The smallest absolute Gasteiger partial charge is 0.313 e. The molecule has 0 aliphatic heterocycles. The van der Waals surface area contributed by atoms with E-state index in [2.05, 4.69) is 4.74 Å². The van der Waals surface area contributed by atoms with Crippen molar-refractivity contribution in [3.63, 3.8) is 0 Å². The van der Waals surface area contributed by atoms with Crippen molar-refractivity contribution in [3.05, 3.63) is 27.2 Å². The first kappa shape index (κ1) is 16.1. The van der Waals surface area contributed by atoms with E-state index in [-0.39, 0.29) is 35.4 Å². The van der Waals surface area contributed by atoms with Crippen LogP contribution in [0.2, 0.25) is 15.1 Å². The Bertz CT molecular complexity index is 465. The normalized spacial score (nSPS) is 10.1. The Balaban J connectivity index is 2.58. The van der Waals surface area contributed by atoms with Crippen LogP contribution in [0.5, 0.6) is 5.75 Å². The predicted molar refractivity (Wildman–Crippen MR) is 73.2 cm³/mol. The third kappa shape index (κ3) is 5.27. The molecule has 0 aliphatic carbocycles. The van der Waals surface area contributed by atoms with Crippen molar-refractivity contribution in [1.82, 2.24) is 0 Å². The van der Waals surface area contributed by atoms with Gasteiger partial charge in [-0.1, -0.05) is 34.8 Å². The number of carbonyl (C=O) groups is 2. The van der Waals surface area contributed by atoms with Crippen molar-refractivity contribution >= 4 is 46.6 Å². The van der Waals surface area contributed by atoms with E-state index in [1.165, 1.54) is 12.1 Å². The van der Waals surface area contributed by atoms with Crippen LogP contribution in [-0.2, 0) is 14.3 Å². The lowest BCUT2D eigenvalue weighted by atomic mass is 10.3. The molecule has 19 heavy (non-hydrogen) atoms. The van der Waals surface area contributed by atoms with Crippen molar-refractivity contribution in [3.8, 4) is 5.75 Å². The molecule has 0 aromatic heterocycles. The molecule has 0 spiro atoms. The molecule has 0 saturated carbocycles. The molecule has 0 bridgehead atoms. The molecular weight excluding hydrogens is 314 g/mol. The SMILES string of the molecule is CCOC(=O)CC(=O)COc1c(Cl)cc(Cl)cc1Cl. The second-order valence-corrected chi connectivity index (χ2v) is 4.76. The van der Waals surface area contributed by atoms with Gasteiger partial charge in [-0.2, -0.15) is 0 Å². The number of hydrogen-bond donors (Lipinski definition) is 0. The summed E-state index contributed by atoms with van der Waals surface area (Å²) in [6.07, 6.45) is -0.351. The minimum absolute atomic E-state index is 0.157. The Hall–Kier alpha value is -0.970. The van der Waals surface area contributed by atoms with Gasteiger partial charge in [-0.15, -0.1) is 0 Å². The molecule has 1 aromatic rings. The number of rotatable bonds is 6. The molecule has 0 heterocycles. The minimum atomic E-state index is -0.593. The monoisotopic (exact) mass is 324 g/mol. The van der Waals surface area contributed by atoms with E-state index in [1.54, 1.807) is 6.92 Å². The van der Waals surface area contributed by atoms with Crippen LogP contribution in [0.4, 0.5) is 0 Å². The lowest BCUT2D eigenvalue weighted by molar-refractivity contribution is -0.145. The zero-order valence-electron chi connectivity index (χ0n) is 10.0. The van der Waals surface area contributed by atoms with Gasteiger partial charge < -0.3 is 9.47 Å². The quantitative estimate of drug-likeness (QED) is 0.593. The maximum absolute atomic E-state index is 11.5. The third-order valence-electron chi connectivity index (χ3n) is 1.99. The lowest BCUT2D eigenvalue weighted by Gasteiger charge is -2.09. The topological polar surface area (TPSA) is 52.6 Å². The van der Waals surface area contributed by atoms with E-state index in [0.717, 1.165) is 0 Å². The number of carbonyl (C=O) groups excluding carboxylic acids is 2. The number of benzene rings is 1. The van der Waals surface area contributed by atoms with E-state index < -0.39 is 11.8 Å². The second kappa shape index (κ2) is 7.58. The molecule has 4 nitrogen and oxygen atoms in total. The maximum atomic E-state index is 11.5. The van der Waals surface area contributed by atoms with Gasteiger partial charge in [0.2, 0.25) is 0 Å². The molecule has 0 unspecified atom stereocenters. The van der Waals surface area contributed by atoms with Gasteiger partial charge in [0.05, 0.1) is 16.7 Å². The van der Waals surface area contributed by atoms with Crippen molar-refractivity contribution in [2.45, 2.75) is 13.3 Å². The van der Waals surface area contributed by atoms with Gasteiger partial charge in [-0.3, -0.25) is 9.59 Å². The minimum Gasteiger partial charge on any atom is -0.483 e. The molecule has 0 atom stereocenters.